The topological polar surface area (TPSA) is 21.3 Å². The summed E-state index contributed by atoms with van der Waals surface area (Å²) in [5.74, 6) is 0.828. The van der Waals surface area contributed by atoms with Gasteiger partial charge < -0.3 is 10.1 Å². The summed E-state index contributed by atoms with van der Waals surface area (Å²) in [5.41, 5.74) is 1.08. The summed E-state index contributed by atoms with van der Waals surface area (Å²) in [5, 5.41) is 4.25. The van der Waals surface area contributed by atoms with Gasteiger partial charge in [-0.25, -0.2) is 0 Å². The molecule has 2 rings (SSSR count). The highest BCUT2D eigenvalue weighted by Crippen LogP contribution is 2.37. The average molecular weight is 218 g/mol. The Bertz CT molecular complexity index is 341. The van der Waals surface area contributed by atoms with Crippen molar-refractivity contribution in [3.63, 3.8) is 0 Å². The van der Waals surface area contributed by atoms with E-state index < -0.39 is 0 Å². The van der Waals surface area contributed by atoms with Crippen LogP contribution in [-0.2, 0) is 0 Å². The smallest absolute Gasteiger partial charge is 0.125 e. The molecule has 1 aliphatic heterocycles. The zero-order chi connectivity index (χ0) is 9.42. The van der Waals surface area contributed by atoms with Crippen molar-refractivity contribution in [1.82, 2.24) is 5.32 Å². The van der Waals surface area contributed by atoms with Crippen molar-refractivity contribution < 1.29 is 4.74 Å². The Morgan fingerprint density at radius 2 is 2.08 bits per heavy atom. The highest BCUT2D eigenvalue weighted by atomic mass is 35.5. The van der Waals surface area contributed by atoms with Crippen molar-refractivity contribution in [1.29, 1.82) is 0 Å². The second-order valence-corrected chi connectivity index (χ2v) is 3.77. The number of fused-ring (bicyclic) bond motifs is 1. The van der Waals surface area contributed by atoms with E-state index in [4.69, 9.17) is 27.9 Å². The molecule has 0 saturated carbocycles. The van der Waals surface area contributed by atoms with Gasteiger partial charge in [0.2, 0.25) is 0 Å². The van der Waals surface area contributed by atoms with E-state index in [0.29, 0.717) is 16.7 Å². The molecule has 1 aromatic rings. The molecule has 0 spiro atoms. The summed E-state index contributed by atoms with van der Waals surface area (Å²) in [4.78, 5) is 0. The lowest BCUT2D eigenvalue weighted by Gasteiger charge is -2.06. The molecule has 0 amide bonds. The van der Waals surface area contributed by atoms with Gasteiger partial charge in [-0.1, -0.05) is 23.2 Å². The lowest BCUT2D eigenvalue weighted by Crippen LogP contribution is -2.17. The van der Waals surface area contributed by atoms with Crippen LogP contribution in [0.4, 0.5) is 0 Å². The molecule has 0 aliphatic carbocycles. The zero-order valence-electron chi connectivity index (χ0n) is 7.10. The number of rotatable bonds is 1. The van der Waals surface area contributed by atoms with Crippen LogP contribution in [0.3, 0.4) is 0 Å². The second-order valence-electron chi connectivity index (χ2n) is 2.96. The minimum atomic E-state index is 0.227. The molecule has 0 saturated heterocycles. The monoisotopic (exact) mass is 217 g/mol. The van der Waals surface area contributed by atoms with E-state index in [9.17, 15) is 0 Å². The van der Waals surface area contributed by atoms with Crippen LogP contribution in [0.5, 0.6) is 5.75 Å². The van der Waals surface area contributed by atoms with E-state index in [0.717, 1.165) is 11.3 Å². The molecule has 13 heavy (non-hydrogen) atoms. The standard InChI is InChI=1S/C9H9Cl2NO/c1-12-8-4-13-9-3-7(11)6(10)2-5(8)9/h2-3,8,12H,4H2,1H3/t8-/m1/s1. The van der Waals surface area contributed by atoms with Gasteiger partial charge in [0.05, 0.1) is 16.1 Å². The number of benzene rings is 1. The highest BCUT2D eigenvalue weighted by Gasteiger charge is 2.23. The molecule has 0 radical (unpaired) electrons. The van der Waals surface area contributed by atoms with Gasteiger partial charge in [0, 0.05) is 11.6 Å². The van der Waals surface area contributed by atoms with Gasteiger partial charge in [0.1, 0.15) is 12.4 Å². The molecule has 70 valence electrons. The van der Waals surface area contributed by atoms with Crippen LogP contribution in [0.2, 0.25) is 10.0 Å². The Morgan fingerprint density at radius 1 is 1.38 bits per heavy atom. The third-order valence-electron chi connectivity index (χ3n) is 2.18. The Labute approximate surface area is 86.8 Å². The second kappa shape index (κ2) is 3.37. The summed E-state index contributed by atoms with van der Waals surface area (Å²) in [7, 11) is 1.89. The van der Waals surface area contributed by atoms with Crippen molar-refractivity contribution in [2.75, 3.05) is 13.7 Å². The Kier molecular flexibility index (Phi) is 2.37. The maximum Gasteiger partial charge on any atom is 0.125 e. The summed E-state index contributed by atoms with van der Waals surface area (Å²) in [6.07, 6.45) is 0. The summed E-state index contributed by atoms with van der Waals surface area (Å²) in [6.45, 7) is 0.641. The quantitative estimate of drug-likeness (QED) is 0.782. The number of nitrogens with one attached hydrogen (secondary N) is 1. The van der Waals surface area contributed by atoms with Gasteiger partial charge in [0.25, 0.3) is 0 Å². The van der Waals surface area contributed by atoms with Crippen molar-refractivity contribution in [3.05, 3.63) is 27.7 Å². The van der Waals surface area contributed by atoms with Crippen LogP contribution in [0, 0.1) is 0 Å². The fourth-order valence-electron chi connectivity index (χ4n) is 1.44. The lowest BCUT2D eigenvalue weighted by atomic mass is 10.1. The molecule has 0 aromatic heterocycles. The number of hydrogen-bond acceptors (Lipinski definition) is 2. The van der Waals surface area contributed by atoms with E-state index in [1.165, 1.54) is 0 Å². The first-order valence-electron chi connectivity index (χ1n) is 4.01. The lowest BCUT2D eigenvalue weighted by molar-refractivity contribution is 0.318. The van der Waals surface area contributed by atoms with Crippen molar-refractivity contribution >= 4 is 23.2 Å². The van der Waals surface area contributed by atoms with Crippen molar-refractivity contribution in [2.45, 2.75) is 6.04 Å². The molecule has 1 N–H and O–H groups in total. The molecule has 1 aromatic carbocycles. The fourth-order valence-corrected chi connectivity index (χ4v) is 1.77. The van der Waals surface area contributed by atoms with Crippen LogP contribution in [0.1, 0.15) is 11.6 Å². The molecule has 1 atom stereocenters. The largest absolute Gasteiger partial charge is 0.491 e. The van der Waals surface area contributed by atoms with E-state index in [1.54, 1.807) is 6.07 Å². The number of likely N-dealkylation sites (N-methyl/N-ethyl adjacent to an activating group) is 1. The molecule has 2 nitrogen and oxygen atoms in total. The SMILES string of the molecule is CN[C@@H]1COc2cc(Cl)c(Cl)cc21. The first kappa shape index (κ1) is 9.13. The molecule has 4 heteroatoms. The number of hydrogen-bond donors (Lipinski definition) is 1. The van der Waals surface area contributed by atoms with E-state index >= 15 is 0 Å². The number of ether oxygens (including phenoxy) is 1. The minimum absolute atomic E-state index is 0.227. The first-order chi connectivity index (χ1) is 6.22. The van der Waals surface area contributed by atoms with E-state index in [2.05, 4.69) is 5.32 Å². The van der Waals surface area contributed by atoms with E-state index in [1.807, 2.05) is 13.1 Å². The minimum Gasteiger partial charge on any atom is -0.491 e. The van der Waals surface area contributed by atoms with Gasteiger partial charge in [-0.3, -0.25) is 0 Å². The highest BCUT2D eigenvalue weighted by molar-refractivity contribution is 6.42. The molecule has 0 bridgehead atoms. The third-order valence-corrected chi connectivity index (χ3v) is 2.90. The molecular weight excluding hydrogens is 209 g/mol. The molecule has 1 aliphatic rings. The third kappa shape index (κ3) is 1.50. The number of halogens is 2. The van der Waals surface area contributed by atoms with Gasteiger partial charge in [0.15, 0.2) is 0 Å². The van der Waals surface area contributed by atoms with Crippen LogP contribution >= 0.6 is 23.2 Å². The van der Waals surface area contributed by atoms with Crippen LogP contribution < -0.4 is 10.1 Å². The predicted molar refractivity (Wildman–Crippen MR) is 53.8 cm³/mol. The van der Waals surface area contributed by atoms with Gasteiger partial charge in [-0.05, 0) is 13.1 Å². The van der Waals surface area contributed by atoms with Crippen LogP contribution in [-0.4, -0.2) is 13.7 Å². The first-order valence-corrected chi connectivity index (χ1v) is 4.77. The molecule has 0 unspecified atom stereocenters. The van der Waals surface area contributed by atoms with E-state index in [-0.39, 0.29) is 6.04 Å². The molecule has 1 heterocycles. The van der Waals surface area contributed by atoms with Gasteiger partial charge in [-0.2, -0.15) is 0 Å². The Hall–Kier alpha value is -0.440. The normalized spacial score (nSPS) is 19.8. The molecule has 0 fully saturated rings. The predicted octanol–water partition coefficient (Wildman–Crippen LogP) is 2.65. The van der Waals surface area contributed by atoms with Crippen molar-refractivity contribution in [2.24, 2.45) is 0 Å². The Morgan fingerprint density at radius 3 is 2.77 bits per heavy atom. The molecular formula is C9H9Cl2NO. The van der Waals surface area contributed by atoms with Crippen molar-refractivity contribution in [3.8, 4) is 5.75 Å². The summed E-state index contributed by atoms with van der Waals surface area (Å²) < 4.78 is 5.43. The zero-order valence-corrected chi connectivity index (χ0v) is 8.62. The van der Waals surface area contributed by atoms with Crippen LogP contribution in [0.15, 0.2) is 12.1 Å². The maximum absolute atomic E-state index is 5.90. The maximum atomic E-state index is 5.90. The summed E-state index contributed by atoms with van der Waals surface area (Å²) >= 11 is 11.8. The van der Waals surface area contributed by atoms with Gasteiger partial charge >= 0.3 is 0 Å². The average Bonchev–Trinajstić information content (AvgIpc) is 2.48. The van der Waals surface area contributed by atoms with Gasteiger partial charge in [-0.15, -0.1) is 0 Å². The van der Waals surface area contributed by atoms with Crippen LogP contribution in [0.25, 0.3) is 0 Å². The Balaban J connectivity index is 2.47. The summed E-state index contributed by atoms with van der Waals surface area (Å²) in [6, 6.07) is 3.84. The fraction of sp³-hybridized carbons (Fsp3) is 0.333.